The lowest BCUT2D eigenvalue weighted by Gasteiger charge is -2.17. The lowest BCUT2D eigenvalue weighted by Crippen LogP contribution is -2.41. The van der Waals surface area contributed by atoms with Crippen LogP contribution in [0.5, 0.6) is 0 Å². The number of cyclic esters (lactones) is 1. The van der Waals surface area contributed by atoms with Crippen LogP contribution in [0.25, 0.3) is 0 Å². The Kier molecular flexibility index (Phi) is 4.95. The third-order valence-corrected chi connectivity index (χ3v) is 3.01. The Morgan fingerprint density at radius 3 is 2.85 bits per heavy atom. The van der Waals surface area contributed by atoms with Gasteiger partial charge in [-0.2, -0.15) is 0 Å². The van der Waals surface area contributed by atoms with Crippen molar-refractivity contribution in [1.29, 1.82) is 0 Å². The van der Waals surface area contributed by atoms with E-state index in [1.165, 1.54) is 5.56 Å². The van der Waals surface area contributed by atoms with Crippen molar-refractivity contribution in [3.63, 3.8) is 0 Å². The summed E-state index contributed by atoms with van der Waals surface area (Å²) in [6.45, 7) is 0.407. The molecule has 6 nitrogen and oxygen atoms in total. The summed E-state index contributed by atoms with van der Waals surface area (Å²) < 4.78 is 10.4. The molecule has 108 valence electrons. The van der Waals surface area contributed by atoms with Crippen molar-refractivity contribution in [2.45, 2.75) is 31.6 Å². The molecule has 1 aliphatic heterocycles. The third kappa shape index (κ3) is 4.24. The first-order valence-corrected chi connectivity index (χ1v) is 6.49. The SMILES string of the molecule is O=C(O)NC1CC(=O)OC1OCCCc1ccccc1. The van der Waals surface area contributed by atoms with Gasteiger partial charge in [-0.3, -0.25) is 4.79 Å². The number of carbonyl (C=O) groups is 2. The normalized spacial score (nSPS) is 21.5. The van der Waals surface area contributed by atoms with Gasteiger partial charge in [0.1, 0.15) is 6.04 Å². The maximum absolute atomic E-state index is 11.2. The molecule has 0 saturated carbocycles. The van der Waals surface area contributed by atoms with E-state index in [-0.39, 0.29) is 6.42 Å². The number of carbonyl (C=O) groups excluding carboxylic acids is 1. The van der Waals surface area contributed by atoms with Crippen molar-refractivity contribution in [2.24, 2.45) is 0 Å². The first-order chi connectivity index (χ1) is 9.65. The number of carboxylic acid groups (broad SMARTS) is 1. The maximum Gasteiger partial charge on any atom is 0.405 e. The average molecular weight is 279 g/mol. The Morgan fingerprint density at radius 1 is 1.40 bits per heavy atom. The van der Waals surface area contributed by atoms with Gasteiger partial charge in [0.2, 0.25) is 6.29 Å². The highest BCUT2D eigenvalue weighted by Gasteiger charge is 2.36. The van der Waals surface area contributed by atoms with Gasteiger partial charge in [0.25, 0.3) is 0 Å². The fraction of sp³-hybridized carbons (Fsp3) is 0.429. The Hall–Kier alpha value is -2.08. The van der Waals surface area contributed by atoms with Gasteiger partial charge in [0.15, 0.2) is 0 Å². The number of esters is 1. The molecule has 1 aromatic rings. The molecule has 6 heteroatoms. The fourth-order valence-electron chi connectivity index (χ4n) is 2.08. The number of ether oxygens (including phenoxy) is 2. The number of hydrogen-bond acceptors (Lipinski definition) is 4. The van der Waals surface area contributed by atoms with Gasteiger partial charge in [-0.25, -0.2) is 4.79 Å². The largest absolute Gasteiger partial charge is 0.465 e. The predicted molar refractivity (Wildman–Crippen MR) is 70.2 cm³/mol. The van der Waals surface area contributed by atoms with E-state index in [4.69, 9.17) is 14.6 Å². The van der Waals surface area contributed by atoms with E-state index in [1.807, 2.05) is 30.3 Å². The van der Waals surface area contributed by atoms with Crippen molar-refractivity contribution in [3.05, 3.63) is 35.9 Å². The summed E-state index contributed by atoms with van der Waals surface area (Å²) in [5.41, 5.74) is 1.21. The molecule has 2 unspecified atom stereocenters. The molecule has 1 heterocycles. The first-order valence-electron chi connectivity index (χ1n) is 6.49. The minimum Gasteiger partial charge on any atom is -0.465 e. The number of nitrogens with one attached hydrogen (secondary N) is 1. The third-order valence-electron chi connectivity index (χ3n) is 3.01. The molecule has 0 radical (unpaired) electrons. The minimum absolute atomic E-state index is 0.00958. The molecule has 0 spiro atoms. The predicted octanol–water partition coefficient (Wildman–Crippen LogP) is 1.54. The van der Waals surface area contributed by atoms with Crippen LogP contribution in [0.4, 0.5) is 4.79 Å². The second kappa shape index (κ2) is 6.91. The number of aryl methyl sites for hydroxylation is 1. The van der Waals surface area contributed by atoms with E-state index in [2.05, 4.69) is 5.32 Å². The molecule has 1 amide bonds. The van der Waals surface area contributed by atoms with Gasteiger partial charge >= 0.3 is 12.1 Å². The van der Waals surface area contributed by atoms with Crippen LogP contribution < -0.4 is 5.32 Å². The Balaban J connectivity index is 1.72. The summed E-state index contributed by atoms with van der Waals surface area (Å²) >= 11 is 0. The molecule has 1 aliphatic rings. The highest BCUT2D eigenvalue weighted by Crippen LogP contribution is 2.17. The fourth-order valence-corrected chi connectivity index (χ4v) is 2.08. The van der Waals surface area contributed by atoms with E-state index >= 15 is 0 Å². The zero-order valence-corrected chi connectivity index (χ0v) is 11.0. The molecule has 0 aromatic heterocycles. The molecule has 2 atom stereocenters. The summed E-state index contributed by atoms with van der Waals surface area (Å²) in [6.07, 6.45) is -0.368. The van der Waals surface area contributed by atoms with Crippen molar-refractivity contribution < 1.29 is 24.2 Å². The molecule has 0 bridgehead atoms. The summed E-state index contributed by atoms with van der Waals surface area (Å²) in [7, 11) is 0. The van der Waals surface area contributed by atoms with Gasteiger partial charge in [-0.1, -0.05) is 30.3 Å². The van der Waals surface area contributed by atoms with E-state index in [9.17, 15) is 9.59 Å². The standard InChI is InChI=1S/C14H17NO5/c16-12-9-11(15-14(17)18)13(20-12)19-8-4-7-10-5-2-1-3-6-10/h1-3,5-6,11,13,15H,4,7-9H2,(H,17,18). The summed E-state index contributed by atoms with van der Waals surface area (Å²) in [5.74, 6) is -0.447. The summed E-state index contributed by atoms with van der Waals surface area (Å²) in [4.78, 5) is 21.8. The quantitative estimate of drug-likeness (QED) is 0.609. The maximum atomic E-state index is 11.2. The van der Waals surface area contributed by atoms with Crippen molar-refractivity contribution in [2.75, 3.05) is 6.61 Å². The van der Waals surface area contributed by atoms with Crippen LogP contribution in [-0.2, 0) is 20.7 Å². The van der Waals surface area contributed by atoms with Crippen molar-refractivity contribution in [1.82, 2.24) is 5.32 Å². The number of hydrogen-bond donors (Lipinski definition) is 2. The van der Waals surface area contributed by atoms with Crippen LogP contribution in [0.2, 0.25) is 0 Å². The molecular weight excluding hydrogens is 262 g/mol. The summed E-state index contributed by atoms with van der Waals surface area (Å²) in [6, 6.07) is 9.34. The zero-order chi connectivity index (χ0) is 14.4. The van der Waals surface area contributed by atoms with E-state index in [0.717, 1.165) is 12.8 Å². The first kappa shape index (κ1) is 14.3. The van der Waals surface area contributed by atoms with E-state index < -0.39 is 24.4 Å². The van der Waals surface area contributed by atoms with Gasteiger partial charge in [0.05, 0.1) is 13.0 Å². The van der Waals surface area contributed by atoms with Crippen LogP contribution in [0, 0.1) is 0 Å². The molecule has 1 saturated heterocycles. The van der Waals surface area contributed by atoms with Crippen LogP contribution in [0.1, 0.15) is 18.4 Å². The van der Waals surface area contributed by atoms with Gasteiger partial charge < -0.3 is 19.9 Å². The van der Waals surface area contributed by atoms with Crippen molar-refractivity contribution in [3.8, 4) is 0 Å². The second-order valence-corrected chi connectivity index (χ2v) is 4.58. The van der Waals surface area contributed by atoms with Gasteiger partial charge in [-0.15, -0.1) is 0 Å². The molecule has 2 rings (SSSR count). The van der Waals surface area contributed by atoms with Gasteiger partial charge in [-0.05, 0) is 18.4 Å². The van der Waals surface area contributed by atoms with E-state index in [1.54, 1.807) is 0 Å². The highest BCUT2D eigenvalue weighted by molar-refractivity contribution is 5.74. The highest BCUT2D eigenvalue weighted by atomic mass is 16.7. The Labute approximate surface area is 116 Å². The van der Waals surface area contributed by atoms with E-state index in [0.29, 0.717) is 6.61 Å². The molecule has 0 aliphatic carbocycles. The number of amides is 1. The van der Waals surface area contributed by atoms with Crippen LogP contribution in [0.15, 0.2) is 30.3 Å². The number of rotatable bonds is 6. The molecule has 20 heavy (non-hydrogen) atoms. The zero-order valence-electron chi connectivity index (χ0n) is 11.0. The topological polar surface area (TPSA) is 84.9 Å². The molecule has 1 aromatic carbocycles. The minimum atomic E-state index is -1.19. The van der Waals surface area contributed by atoms with Crippen LogP contribution >= 0.6 is 0 Å². The lowest BCUT2D eigenvalue weighted by molar-refractivity contribution is -0.164. The Bertz CT molecular complexity index is 462. The van der Waals surface area contributed by atoms with Gasteiger partial charge in [0, 0.05) is 0 Å². The van der Waals surface area contributed by atoms with Crippen LogP contribution in [-0.4, -0.2) is 36.1 Å². The molecule has 1 fully saturated rings. The van der Waals surface area contributed by atoms with Crippen molar-refractivity contribution >= 4 is 12.1 Å². The lowest BCUT2D eigenvalue weighted by atomic mass is 10.1. The smallest absolute Gasteiger partial charge is 0.405 e. The average Bonchev–Trinajstić information content (AvgIpc) is 2.75. The monoisotopic (exact) mass is 279 g/mol. The molecule has 2 N–H and O–H groups in total. The van der Waals surface area contributed by atoms with Crippen LogP contribution in [0.3, 0.4) is 0 Å². The molecular formula is C14H17NO5. The number of benzene rings is 1. The summed E-state index contributed by atoms with van der Waals surface area (Å²) in [5, 5.41) is 10.9. The Morgan fingerprint density at radius 2 is 2.15 bits per heavy atom. The second-order valence-electron chi connectivity index (χ2n) is 4.58.